The Kier molecular flexibility index (Phi) is 7.94. The van der Waals surface area contributed by atoms with E-state index in [4.69, 9.17) is 11.6 Å². The molecular formula is C16H24ClFIN3O2S. The Morgan fingerprint density at radius 1 is 1.44 bits per heavy atom. The van der Waals surface area contributed by atoms with Crippen LogP contribution in [0.5, 0.6) is 0 Å². The molecule has 142 valence electrons. The summed E-state index contributed by atoms with van der Waals surface area (Å²) in [7, 11) is -1.45. The van der Waals surface area contributed by atoms with E-state index in [0.29, 0.717) is 42.6 Å². The second-order valence-corrected chi connectivity index (χ2v) is 9.57. The lowest BCUT2D eigenvalue weighted by molar-refractivity contribution is 0.353. The van der Waals surface area contributed by atoms with Gasteiger partial charge in [-0.15, -0.1) is 24.0 Å². The minimum absolute atomic E-state index is 0. The monoisotopic (exact) mass is 503 g/mol. The fourth-order valence-corrected chi connectivity index (χ4v) is 4.35. The predicted octanol–water partition coefficient (Wildman–Crippen LogP) is 2.72. The SMILES string of the molecule is CN=C(NCCc1c(F)cccc1Cl)N1CCS(=O)(=O)C(C)(C)C1.I. The van der Waals surface area contributed by atoms with Crippen molar-refractivity contribution in [2.24, 2.45) is 4.99 Å². The van der Waals surface area contributed by atoms with Crippen LogP contribution in [0, 0.1) is 5.82 Å². The Morgan fingerprint density at radius 2 is 2.12 bits per heavy atom. The van der Waals surface area contributed by atoms with Gasteiger partial charge in [0.25, 0.3) is 0 Å². The van der Waals surface area contributed by atoms with Crippen molar-refractivity contribution in [2.45, 2.75) is 25.0 Å². The van der Waals surface area contributed by atoms with Crippen LogP contribution in [-0.4, -0.2) is 56.5 Å². The largest absolute Gasteiger partial charge is 0.356 e. The van der Waals surface area contributed by atoms with Crippen LogP contribution in [0.25, 0.3) is 0 Å². The van der Waals surface area contributed by atoms with Gasteiger partial charge >= 0.3 is 0 Å². The third kappa shape index (κ3) is 5.19. The normalized spacial score (nSPS) is 19.2. The van der Waals surface area contributed by atoms with Crippen molar-refractivity contribution in [1.82, 2.24) is 10.2 Å². The van der Waals surface area contributed by atoms with Gasteiger partial charge in [0, 0.05) is 37.3 Å². The number of rotatable bonds is 3. The summed E-state index contributed by atoms with van der Waals surface area (Å²) in [6, 6.07) is 4.62. The summed E-state index contributed by atoms with van der Waals surface area (Å²) in [6.07, 6.45) is 0.417. The summed E-state index contributed by atoms with van der Waals surface area (Å²) in [6.45, 7) is 4.67. The molecule has 1 aromatic rings. The molecule has 2 rings (SSSR count). The zero-order valence-electron chi connectivity index (χ0n) is 14.6. The Morgan fingerprint density at radius 3 is 2.68 bits per heavy atom. The van der Waals surface area contributed by atoms with Crippen LogP contribution in [0.1, 0.15) is 19.4 Å². The molecule has 0 aromatic heterocycles. The highest BCUT2D eigenvalue weighted by Gasteiger charge is 2.40. The Bertz CT molecular complexity index is 721. The van der Waals surface area contributed by atoms with Gasteiger partial charge in [-0.05, 0) is 32.4 Å². The van der Waals surface area contributed by atoms with Crippen LogP contribution in [0.3, 0.4) is 0 Å². The molecule has 1 aliphatic rings. The second kappa shape index (κ2) is 8.85. The zero-order valence-corrected chi connectivity index (χ0v) is 18.5. The molecule has 0 amide bonds. The van der Waals surface area contributed by atoms with E-state index < -0.39 is 14.6 Å². The molecule has 0 atom stereocenters. The average Bonchev–Trinajstić information content (AvgIpc) is 2.49. The van der Waals surface area contributed by atoms with Gasteiger partial charge in [0.1, 0.15) is 5.82 Å². The van der Waals surface area contributed by atoms with Gasteiger partial charge in [0.2, 0.25) is 0 Å². The predicted molar refractivity (Wildman–Crippen MR) is 111 cm³/mol. The van der Waals surface area contributed by atoms with Crippen LogP contribution in [0.2, 0.25) is 5.02 Å². The van der Waals surface area contributed by atoms with Crippen LogP contribution in [-0.2, 0) is 16.3 Å². The summed E-state index contributed by atoms with van der Waals surface area (Å²) in [4.78, 5) is 6.13. The quantitative estimate of drug-likeness (QED) is 0.391. The van der Waals surface area contributed by atoms with E-state index in [1.165, 1.54) is 6.07 Å². The van der Waals surface area contributed by atoms with E-state index in [9.17, 15) is 12.8 Å². The molecule has 1 fully saturated rings. The van der Waals surface area contributed by atoms with E-state index in [1.54, 1.807) is 33.0 Å². The van der Waals surface area contributed by atoms with Crippen molar-refractivity contribution >= 4 is 51.4 Å². The molecule has 1 saturated heterocycles. The summed E-state index contributed by atoms with van der Waals surface area (Å²) >= 11 is 6.02. The van der Waals surface area contributed by atoms with E-state index in [1.807, 2.05) is 4.90 Å². The maximum atomic E-state index is 13.8. The van der Waals surface area contributed by atoms with Gasteiger partial charge in [0.15, 0.2) is 15.8 Å². The maximum Gasteiger partial charge on any atom is 0.193 e. The molecule has 0 bridgehead atoms. The molecule has 1 heterocycles. The second-order valence-electron chi connectivity index (χ2n) is 6.42. The molecule has 0 radical (unpaired) electrons. The number of nitrogens with zero attached hydrogens (tertiary/aromatic N) is 2. The van der Waals surface area contributed by atoms with Crippen LogP contribution < -0.4 is 5.32 Å². The molecule has 1 N–H and O–H groups in total. The highest BCUT2D eigenvalue weighted by atomic mass is 127. The molecule has 25 heavy (non-hydrogen) atoms. The Hall–Kier alpha value is -0.610. The fourth-order valence-electron chi connectivity index (χ4n) is 2.73. The lowest BCUT2D eigenvalue weighted by Gasteiger charge is -2.39. The van der Waals surface area contributed by atoms with Gasteiger partial charge < -0.3 is 10.2 Å². The Balaban J connectivity index is 0.00000312. The molecular weight excluding hydrogens is 480 g/mol. The van der Waals surface area contributed by atoms with Gasteiger partial charge in [-0.3, -0.25) is 4.99 Å². The lowest BCUT2D eigenvalue weighted by Crippen LogP contribution is -2.57. The summed E-state index contributed by atoms with van der Waals surface area (Å²) < 4.78 is 37.1. The summed E-state index contributed by atoms with van der Waals surface area (Å²) in [5, 5.41) is 3.56. The topological polar surface area (TPSA) is 61.8 Å². The van der Waals surface area contributed by atoms with Crippen molar-refractivity contribution < 1.29 is 12.8 Å². The zero-order chi connectivity index (χ0) is 18.0. The van der Waals surface area contributed by atoms with Crippen molar-refractivity contribution in [3.8, 4) is 0 Å². The first-order valence-electron chi connectivity index (χ1n) is 7.79. The van der Waals surface area contributed by atoms with E-state index in [-0.39, 0.29) is 35.5 Å². The minimum Gasteiger partial charge on any atom is -0.356 e. The molecule has 1 aromatic carbocycles. The minimum atomic E-state index is -3.10. The van der Waals surface area contributed by atoms with Crippen molar-refractivity contribution in [1.29, 1.82) is 0 Å². The summed E-state index contributed by atoms with van der Waals surface area (Å²) in [5.74, 6) is 0.384. The average molecular weight is 504 g/mol. The van der Waals surface area contributed by atoms with Crippen LogP contribution >= 0.6 is 35.6 Å². The van der Waals surface area contributed by atoms with Gasteiger partial charge in [-0.1, -0.05) is 17.7 Å². The fraction of sp³-hybridized carbons (Fsp3) is 0.562. The van der Waals surface area contributed by atoms with Crippen LogP contribution in [0.15, 0.2) is 23.2 Å². The number of hydrogen-bond donors (Lipinski definition) is 1. The number of guanidine groups is 1. The van der Waals surface area contributed by atoms with E-state index in [0.717, 1.165) is 0 Å². The van der Waals surface area contributed by atoms with E-state index in [2.05, 4.69) is 10.3 Å². The van der Waals surface area contributed by atoms with Gasteiger partial charge in [0.05, 0.1) is 10.5 Å². The van der Waals surface area contributed by atoms with Gasteiger partial charge in [-0.2, -0.15) is 0 Å². The van der Waals surface area contributed by atoms with Crippen molar-refractivity contribution in [3.63, 3.8) is 0 Å². The number of aliphatic imine (C=N–C) groups is 1. The lowest BCUT2D eigenvalue weighted by atomic mass is 10.1. The molecule has 0 saturated carbocycles. The van der Waals surface area contributed by atoms with Crippen molar-refractivity contribution in [3.05, 3.63) is 34.6 Å². The third-order valence-electron chi connectivity index (χ3n) is 4.27. The number of halogens is 3. The van der Waals surface area contributed by atoms with Crippen molar-refractivity contribution in [2.75, 3.05) is 32.4 Å². The first-order valence-corrected chi connectivity index (χ1v) is 9.82. The number of nitrogens with one attached hydrogen (secondary N) is 1. The summed E-state index contributed by atoms with van der Waals surface area (Å²) in [5.41, 5.74) is 0.462. The van der Waals surface area contributed by atoms with Gasteiger partial charge in [-0.25, -0.2) is 12.8 Å². The highest BCUT2D eigenvalue weighted by molar-refractivity contribution is 14.0. The molecule has 9 heteroatoms. The first kappa shape index (κ1) is 22.4. The third-order valence-corrected chi connectivity index (χ3v) is 7.16. The Labute approximate surface area is 171 Å². The molecule has 5 nitrogen and oxygen atoms in total. The van der Waals surface area contributed by atoms with Crippen LogP contribution in [0.4, 0.5) is 4.39 Å². The highest BCUT2D eigenvalue weighted by Crippen LogP contribution is 2.24. The molecule has 0 unspecified atom stereocenters. The molecule has 1 aliphatic heterocycles. The molecule has 0 spiro atoms. The molecule has 0 aliphatic carbocycles. The number of hydrogen-bond acceptors (Lipinski definition) is 3. The van der Waals surface area contributed by atoms with E-state index >= 15 is 0 Å². The maximum absolute atomic E-state index is 13.8. The number of benzene rings is 1. The first-order chi connectivity index (χ1) is 11.2. The number of sulfone groups is 1. The standard InChI is InChI=1S/C16H23ClFN3O2S.HI/c1-16(2)11-21(9-10-24(16,22)23)15(19-3)20-8-7-12-13(17)5-4-6-14(12)18;/h4-6H,7-11H2,1-3H3,(H,19,20);1H. The smallest absolute Gasteiger partial charge is 0.193 e.